The van der Waals surface area contributed by atoms with Crippen molar-refractivity contribution in [2.75, 3.05) is 0 Å². The fourth-order valence-electron chi connectivity index (χ4n) is 4.05. The molecule has 0 atom stereocenters. The Kier molecular flexibility index (Phi) is 6.96. The summed E-state index contributed by atoms with van der Waals surface area (Å²) in [5.41, 5.74) is 12.3. The molecule has 0 amide bonds. The van der Waals surface area contributed by atoms with E-state index in [1.54, 1.807) is 12.3 Å². The molecule has 0 radical (unpaired) electrons. The first-order valence-electron chi connectivity index (χ1n) is 11.2. The molecule has 2 heterocycles. The lowest BCUT2D eigenvalue weighted by atomic mass is 9.94. The van der Waals surface area contributed by atoms with E-state index in [4.69, 9.17) is 10.7 Å². The Balaban J connectivity index is 1.59. The van der Waals surface area contributed by atoms with Crippen LogP contribution in [0.3, 0.4) is 0 Å². The minimum atomic E-state index is -4.44. The second kappa shape index (κ2) is 10.1. The third-order valence-corrected chi connectivity index (χ3v) is 5.90. The van der Waals surface area contributed by atoms with Crippen LogP contribution >= 0.6 is 0 Å². The van der Waals surface area contributed by atoms with E-state index in [0.717, 1.165) is 62.6 Å². The van der Waals surface area contributed by atoms with Crippen LogP contribution in [0.15, 0.2) is 78.1 Å². The number of aromatic nitrogens is 2. The molecule has 0 unspecified atom stereocenters. The Bertz CT molecular complexity index is 1390. The highest BCUT2D eigenvalue weighted by Gasteiger charge is 2.32. The zero-order valence-electron chi connectivity index (χ0n) is 19.5. The Morgan fingerprint density at radius 1 is 0.914 bits per heavy atom. The molecule has 4 rings (SSSR count). The van der Waals surface area contributed by atoms with Crippen LogP contribution in [-0.2, 0) is 19.0 Å². The van der Waals surface area contributed by atoms with Crippen molar-refractivity contribution in [3.05, 3.63) is 112 Å². The number of rotatable bonds is 6. The molecule has 0 bridgehead atoms. The number of nitrogens with two attached hydrogens (primary N) is 1. The van der Waals surface area contributed by atoms with Crippen molar-refractivity contribution >= 4 is 22.8 Å². The predicted octanol–water partition coefficient (Wildman–Crippen LogP) is 6.62. The Morgan fingerprint density at radius 2 is 1.63 bits per heavy atom. The second-order valence-electron chi connectivity index (χ2n) is 8.38. The van der Waals surface area contributed by atoms with Crippen LogP contribution in [0.25, 0.3) is 10.9 Å². The van der Waals surface area contributed by atoms with E-state index < -0.39 is 11.9 Å². The average molecular weight is 475 g/mol. The molecular weight excluding hydrogens is 449 g/mol. The van der Waals surface area contributed by atoms with Crippen LogP contribution in [0.4, 0.5) is 18.9 Å². The number of hydrogen-bond acceptors (Lipinski definition) is 4. The topological polar surface area (TPSA) is 64.2 Å². The minimum absolute atomic E-state index is 0.491. The van der Waals surface area contributed by atoms with Crippen LogP contribution in [0.5, 0.6) is 0 Å². The molecule has 0 saturated carbocycles. The molecule has 2 aromatic carbocycles. The number of benzene rings is 2. The summed E-state index contributed by atoms with van der Waals surface area (Å²) in [6.45, 7) is 4.11. The first-order valence-corrected chi connectivity index (χ1v) is 11.2. The molecule has 0 aliphatic carbocycles. The number of halogens is 3. The van der Waals surface area contributed by atoms with Gasteiger partial charge in [-0.1, -0.05) is 24.3 Å². The van der Waals surface area contributed by atoms with Gasteiger partial charge in [-0.2, -0.15) is 13.2 Å². The van der Waals surface area contributed by atoms with Crippen molar-refractivity contribution in [3.63, 3.8) is 0 Å². The van der Waals surface area contributed by atoms with Gasteiger partial charge in [-0.05, 0) is 97.1 Å². The van der Waals surface area contributed by atoms with Crippen molar-refractivity contribution in [2.45, 2.75) is 32.9 Å². The van der Waals surface area contributed by atoms with Crippen LogP contribution in [0, 0.1) is 13.8 Å². The fourth-order valence-corrected chi connectivity index (χ4v) is 4.05. The lowest BCUT2D eigenvalue weighted by Gasteiger charge is -2.14. The summed E-state index contributed by atoms with van der Waals surface area (Å²) in [6, 6.07) is 16.5. The third-order valence-electron chi connectivity index (χ3n) is 5.90. The molecule has 2 N–H and O–H groups in total. The number of allylic oxidation sites excluding steroid dienone is 1. The first kappa shape index (κ1) is 24.1. The lowest BCUT2D eigenvalue weighted by Crippen LogP contribution is -2.07. The highest BCUT2D eigenvalue weighted by molar-refractivity contribution is 5.84. The van der Waals surface area contributed by atoms with E-state index in [0.29, 0.717) is 6.42 Å². The van der Waals surface area contributed by atoms with Crippen LogP contribution in [0.1, 0.15) is 39.2 Å². The molecule has 178 valence electrons. The van der Waals surface area contributed by atoms with Crippen molar-refractivity contribution in [1.82, 2.24) is 9.97 Å². The van der Waals surface area contributed by atoms with Gasteiger partial charge in [-0.15, -0.1) is 0 Å². The summed E-state index contributed by atoms with van der Waals surface area (Å²) in [6.07, 6.45) is 2.83. The number of fused-ring (bicyclic) bond motifs is 1. The highest BCUT2D eigenvalue weighted by Crippen LogP contribution is 2.29. The molecule has 0 fully saturated rings. The molecule has 0 aliphatic rings. The van der Waals surface area contributed by atoms with Crippen molar-refractivity contribution in [1.29, 1.82) is 0 Å². The van der Waals surface area contributed by atoms with Gasteiger partial charge < -0.3 is 5.73 Å². The van der Waals surface area contributed by atoms with E-state index >= 15 is 0 Å². The first-order chi connectivity index (χ1) is 16.7. The normalized spacial score (nSPS) is 12.3. The SMILES string of the molecule is Cc1nc2ccc(Cc3ccc(C(F)(F)F)nc3)cc2c(C)c1Cc1ccc(N=CC=CN)cc1. The van der Waals surface area contributed by atoms with Gasteiger partial charge in [-0.25, -0.2) is 0 Å². The van der Waals surface area contributed by atoms with Gasteiger partial charge in [0, 0.05) is 23.5 Å². The fraction of sp³-hybridized carbons (Fsp3) is 0.179. The van der Waals surface area contributed by atoms with Gasteiger partial charge in [0.05, 0.1) is 11.2 Å². The van der Waals surface area contributed by atoms with Gasteiger partial charge in [-0.3, -0.25) is 15.0 Å². The number of pyridine rings is 2. The predicted molar refractivity (Wildman–Crippen MR) is 134 cm³/mol. The molecular formula is C28H25F3N4. The standard InChI is InChI=1S/C28H25F3N4/c1-18-24(15-20-4-8-23(9-5-20)33-13-3-12-32)19(2)35-26-10-6-21(16-25(18)26)14-22-7-11-27(34-17-22)28(29,30)31/h3-13,16-17H,14-15,32H2,1-2H3. The summed E-state index contributed by atoms with van der Waals surface area (Å²) in [7, 11) is 0. The number of nitrogens with zero attached hydrogens (tertiary/aromatic N) is 3. The monoisotopic (exact) mass is 474 g/mol. The lowest BCUT2D eigenvalue weighted by molar-refractivity contribution is -0.141. The van der Waals surface area contributed by atoms with Crippen molar-refractivity contribution < 1.29 is 13.2 Å². The molecule has 0 aliphatic heterocycles. The maximum absolute atomic E-state index is 12.8. The maximum Gasteiger partial charge on any atom is 0.433 e. The number of alkyl halides is 3. The molecule has 2 aromatic heterocycles. The summed E-state index contributed by atoms with van der Waals surface area (Å²) in [5, 5.41) is 1.04. The van der Waals surface area contributed by atoms with Gasteiger partial charge in [0.2, 0.25) is 0 Å². The highest BCUT2D eigenvalue weighted by atomic mass is 19.4. The van der Waals surface area contributed by atoms with Crippen LogP contribution in [-0.4, -0.2) is 16.2 Å². The van der Waals surface area contributed by atoms with Crippen molar-refractivity contribution in [3.8, 4) is 0 Å². The van der Waals surface area contributed by atoms with Gasteiger partial charge >= 0.3 is 6.18 Å². The van der Waals surface area contributed by atoms with E-state index in [9.17, 15) is 13.2 Å². The van der Waals surface area contributed by atoms with Crippen LogP contribution < -0.4 is 5.73 Å². The van der Waals surface area contributed by atoms with Crippen molar-refractivity contribution in [2.24, 2.45) is 10.7 Å². The summed E-state index contributed by atoms with van der Waals surface area (Å²) >= 11 is 0. The molecule has 0 saturated heterocycles. The Labute approximate surface area is 202 Å². The Morgan fingerprint density at radius 3 is 2.29 bits per heavy atom. The number of aryl methyl sites for hydroxylation is 2. The molecule has 4 nitrogen and oxygen atoms in total. The van der Waals surface area contributed by atoms with Gasteiger partial charge in [0.25, 0.3) is 0 Å². The van der Waals surface area contributed by atoms with E-state index in [1.165, 1.54) is 18.5 Å². The van der Waals surface area contributed by atoms with E-state index in [1.807, 2.05) is 31.2 Å². The zero-order chi connectivity index (χ0) is 25.0. The molecule has 0 spiro atoms. The third kappa shape index (κ3) is 5.74. The Hall–Kier alpha value is -4.00. The van der Waals surface area contributed by atoms with Gasteiger partial charge in [0.1, 0.15) is 5.69 Å². The van der Waals surface area contributed by atoms with E-state index in [2.05, 4.69) is 35.1 Å². The van der Waals surface area contributed by atoms with E-state index in [-0.39, 0.29) is 0 Å². The average Bonchev–Trinajstić information content (AvgIpc) is 2.83. The smallest absolute Gasteiger partial charge is 0.405 e. The van der Waals surface area contributed by atoms with Crippen LogP contribution in [0.2, 0.25) is 0 Å². The molecule has 4 aromatic rings. The minimum Gasteiger partial charge on any atom is -0.405 e. The maximum atomic E-state index is 12.8. The summed E-state index contributed by atoms with van der Waals surface area (Å²) < 4.78 is 38.4. The summed E-state index contributed by atoms with van der Waals surface area (Å²) in [4.78, 5) is 12.7. The number of hydrogen-bond donors (Lipinski definition) is 1. The molecule has 35 heavy (non-hydrogen) atoms. The quantitative estimate of drug-likeness (QED) is 0.319. The van der Waals surface area contributed by atoms with Gasteiger partial charge in [0.15, 0.2) is 0 Å². The molecule has 7 heteroatoms. The largest absolute Gasteiger partial charge is 0.433 e. The zero-order valence-corrected chi connectivity index (χ0v) is 19.5. The second-order valence-corrected chi connectivity index (χ2v) is 8.38. The number of aliphatic imine (C=N–C) groups is 1. The summed E-state index contributed by atoms with van der Waals surface area (Å²) in [5.74, 6) is 0.